The average Bonchev–Trinajstić information content (AvgIpc) is 2.75. The SMILES string of the molecule is NC1(N)C=CC(C(=O)c2ccccc2N(c2ccccc2)c2ccccc2)=CC1. The van der Waals surface area contributed by atoms with Crippen LogP contribution in [-0.4, -0.2) is 11.4 Å². The van der Waals surface area contributed by atoms with Crippen LogP contribution in [0.2, 0.25) is 0 Å². The van der Waals surface area contributed by atoms with Gasteiger partial charge in [-0.25, -0.2) is 0 Å². The fourth-order valence-corrected chi connectivity index (χ4v) is 3.43. The molecule has 29 heavy (non-hydrogen) atoms. The van der Waals surface area contributed by atoms with Crippen molar-refractivity contribution in [3.8, 4) is 0 Å². The Morgan fingerprint density at radius 3 is 1.90 bits per heavy atom. The second-order valence-electron chi connectivity index (χ2n) is 7.16. The van der Waals surface area contributed by atoms with E-state index in [1.165, 1.54) is 0 Å². The predicted octanol–water partition coefficient (Wildman–Crippen LogP) is 4.84. The van der Waals surface area contributed by atoms with E-state index < -0.39 is 5.66 Å². The van der Waals surface area contributed by atoms with E-state index in [1.807, 2.05) is 91.0 Å². The Morgan fingerprint density at radius 1 is 0.793 bits per heavy atom. The number of ketones is 1. The van der Waals surface area contributed by atoms with E-state index in [-0.39, 0.29) is 5.78 Å². The van der Waals surface area contributed by atoms with Gasteiger partial charge in [0, 0.05) is 28.9 Å². The third kappa shape index (κ3) is 4.04. The normalized spacial score (nSPS) is 14.9. The highest BCUT2D eigenvalue weighted by atomic mass is 16.1. The molecule has 0 unspecified atom stereocenters. The minimum Gasteiger partial charge on any atom is -0.310 e. The zero-order valence-corrected chi connectivity index (χ0v) is 16.0. The predicted molar refractivity (Wildman–Crippen MR) is 118 cm³/mol. The Kier molecular flexibility index (Phi) is 5.12. The number of Topliss-reactive ketones (excluding diaryl/α,β-unsaturated/α-hetero) is 1. The van der Waals surface area contributed by atoms with Gasteiger partial charge in [0.2, 0.25) is 0 Å². The minimum absolute atomic E-state index is 0.0517. The zero-order chi connectivity index (χ0) is 20.3. The first-order valence-corrected chi connectivity index (χ1v) is 9.56. The van der Waals surface area contributed by atoms with E-state index in [0.717, 1.165) is 17.1 Å². The molecule has 4 nitrogen and oxygen atoms in total. The molecule has 4 heteroatoms. The van der Waals surface area contributed by atoms with Gasteiger partial charge in [-0.15, -0.1) is 0 Å². The number of hydrogen-bond acceptors (Lipinski definition) is 4. The van der Waals surface area contributed by atoms with Crippen LogP contribution in [0, 0.1) is 0 Å². The molecule has 0 bridgehead atoms. The third-order valence-electron chi connectivity index (χ3n) is 4.93. The van der Waals surface area contributed by atoms with Gasteiger partial charge in [0.05, 0.1) is 11.4 Å². The lowest BCUT2D eigenvalue weighted by molar-refractivity contribution is 0.103. The Hall–Kier alpha value is -3.47. The van der Waals surface area contributed by atoms with Gasteiger partial charge in [-0.2, -0.15) is 0 Å². The van der Waals surface area contributed by atoms with Gasteiger partial charge < -0.3 is 16.4 Å². The summed E-state index contributed by atoms with van der Waals surface area (Å²) < 4.78 is 0. The second-order valence-corrected chi connectivity index (χ2v) is 7.16. The van der Waals surface area contributed by atoms with Crippen LogP contribution in [0.1, 0.15) is 16.8 Å². The lowest BCUT2D eigenvalue weighted by Crippen LogP contribution is -2.47. The topological polar surface area (TPSA) is 72.3 Å². The molecule has 0 amide bonds. The molecule has 0 spiro atoms. The second kappa shape index (κ2) is 7.87. The third-order valence-corrected chi connectivity index (χ3v) is 4.93. The van der Waals surface area contributed by atoms with E-state index in [2.05, 4.69) is 4.90 Å². The van der Waals surface area contributed by atoms with Crippen molar-refractivity contribution in [3.05, 3.63) is 114 Å². The first kappa shape index (κ1) is 18.9. The van der Waals surface area contributed by atoms with E-state index in [0.29, 0.717) is 17.6 Å². The van der Waals surface area contributed by atoms with Gasteiger partial charge in [-0.3, -0.25) is 4.79 Å². The summed E-state index contributed by atoms with van der Waals surface area (Å²) in [7, 11) is 0. The zero-order valence-electron chi connectivity index (χ0n) is 16.0. The molecule has 3 aromatic rings. The lowest BCUT2D eigenvalue weighted by atomic mass is 9.92. The Morgan fingerprint density at radius 2 is 1.34 bits per heavy atom. The van der Waals surface area contributed by atoms with Crippen molar-refractivity contribution in [2.75, 3.05) is 4.90 Å². The fourth-order valence-electron chi connectivity index (χ4n) is 3.43. The summed E-state index contributed by atoms with van der Waals surface area (Å²) in [5.74, 6) is -0.0517. The molecule has 1 aliphatic carbocycles. The highest BCUT2D eigenvalue weighted by Crippen LogP contribution is 2.37. The number of allylic oxidation sites excluding steroid dienone is 2. The number of carbonyl (C=O) groups is 1. The molecule has 4 N–H and O–H groups in total. The summed E-state index contributed by atoms with van der Waals surface area (Å²) in [5, 5.41) is 0. The molecule has 0 aromatic heterocycles. The van der Waals surface area contributed by atoms with Crippen LogP contribution in [-0.2, 0) is 0 Å². The number of benzene rings is 3. The van der Waals surface area contributed by atoms with Crippen LogP contribution in [0.3, 0.4) is 0 Å². The number of para-hydroxylation sites is 3. The van der Waals surface area contributed by atoms with Gasteiger partial charge in [0.1, 0.15) is 0 Å². The van der Waals surface area contributed by atoms with Gasteiger partial charge in [0.25, 0.3) is 0 Å². The molecular weight excluding hydrogens is 358 g/mol. The molecule has 0 saturated heterocycles. The molecule has 4 rings (SSSR count). The van der Waals surface area contributed by atoms with Crippen LogP contribution in [0.5, 0.6) is 0 Å². The molecule has 0 fully saturated rings. The van der Waals surface area contributed by atoms with Crippen LogP contribution in [0.25, 0.3) is 0 Å². The summed E-state index contributed by atoms with van der Waals surface area (Å²) in [6.07, 6.45) is 5.65. The molecule has 0 heterocycles. The van der Waals surface area contributed by atoms with Crippen molar-refractivity contribution >= 4 is 22.8 Å². The van der Waals surface area contributed by atoms with Crippen molar-refractivity contribution in [3.63, 3.8) is 0 Å². The van der Waals surface area contributed by atoms with E-state index in [9.17, 15) is 4.79 Å². The molecule has 0 radical (unpaired) electrons. The van der Waals surface area contributed by atoms with Crippen molar-refractivity contribution in [1.82, 2.24) is 0 Å². The number of rotatable bonds is 5. The smallest absolute Gasteiger partial charge is 0.194 e. The molecule has 0 aliphatic heterocycles. The van der Waals surface area contributed by atoms with Gasteiger partial charge in [-0.05, 0) is 42.5 Å². The minimum atomic E-state index is -0.899. The van der Waals surface area contributed by atoms with Crippen LogP contribution < -0.4 is 16.4 Å². The maximum atomic E-state index is 13.4. The van der Waals surface area contributed by atoms with Crippen molar-refractivity contribution in [2.45, 2.75) is 12.1 Å². The van der Waals surface area contributed by atoms with Crippen LogP contribution in [0.4, 0.5) is 17.1 Å². The maximum absolute atomic E-state index is 13.4. The number of nitrogens with two attached hydrogens (primary N) is 2. The Balaban J connectivity index is 1.81. The van der Waals surface area contributed by atoms with E-state index in [4.69, 9.17) is 11.5 Å². The van der Waals surface area contributed by atoms with Gasteiger partial charge in [-0.1, -0.05) is 60.7 Å². The standard InChI is InChI=1S/C25H23N3O/c26-25(27)17-15-19(16-18-25)24(29)22-13-7-8-14-23(22)28(20-9-3-1-4-10-20)21-11-5-2-6-12-21/h1-17H,18,26-27H2. The average molecular weight is 381 g/mol. The van der Waals surface area contributed by atoms with Crippen molar-refractivity contribution in [2.24, 2.45) is 11.5 Å². The molecule has 3 aromatic carbocycles. The monoisotopic (exact) mass is 381 g/mol. The summed E-state index contributed by atoms with van der Waals surface area (Å²) in [6.45, 7) is 0. The maximum Gasteiger partial charge on any atom is 0.194 e. The van der Waals surface area contributed by atoms with Crippen molar-refractivity contribution in [1.29, 1.82) is 0 Å². The van der Waals surface area contributed by atoms with E-state index in [1.54, 1.807) is 12.2 Å². The molecular formula is C25H23N3O. The summed E-state index contributed by atoms with van der Waals surface area (Å²) in [6, 6.07) is 27.7. The summed E-state index contributed by atoms with van der Waals surface area (Å²) in [4.78, 5) is 15.5. The van der Waals surface area contributed by atoms with Crippen LogP contribution >= 0.6 is 0 Å². The highest BCUT2D eigenvalue weighted by Gasteiger charge is 2.24. The number of nitrogens with zero attached hydrogens (tertiary/aromatic N) is 1. The van der Waals surface area contributed by atoms with Crippen molar-refractivity contribution < 1.29 is 4.79 Å². The summed E-state index contributed by atoms with van der Waals surface area (Å²) in [5.41, 5.74) is 15.0. The van der Waals surface area contributed by atoms with E-state index >= 15 is 0 Å². The molecule has 144 valence electrons. The highest BCUT2D eigenvalue weighted by molar-refractivity contribution is 6.14. The Bertz CT molecular complexity index is 1030. The van der Waals surface area contributed by atoms with Gasteiger partial charge in [0.15, 0.2) is 5.78 Å². The molecule has 1 aliphatic rings. The van der Waals surface area contributed by atoms with Crippen LogP contribution in [0.15, 0.2) is 109 Å². The quantitative estimate of drug-likeness (QED) is 0.490. The molecule has 0 saturated carbocycles. The lowest BCUT2D eigenvalue weighted by Gasteiger charge is -2.28. The Labute approximate surface area is 170 Å². The fraction of sp³-hybridized carbons (Fsp3) is 0.0800. The number of anilines is 3. The molecule has 0 atom stereocenters. The number of hydrogen-bond donors (Lipinski definition) is 2. The van der Waals surface area contributed by atoms with Gasteiger partial charge >= 0.3 is 0 Å². The largest absolute Gasteiger partial charge is 0.310 e. The number of carbonyl (C=O) groups excluding carboxylic acids is 1. The first-order chi connectivity index (χ1) is 14.1. The first-order valence-electron chi connectivity index (χ1n) is 9.56. The summed E-state index contributed by atoms with van der Waals surface area (Å²) >= 11 is 0.